The lowest BCUT2D eigenvalue weighted by molar-refractivity contribution is -0.301. The molecule has 6 nitrogen and oxygen atoms in total. The third-order valence-corrected chi connectivity index (χ3v) is 10.1. The number of hydrogen-bond donors (Lipinski definition) is 1. The SMILES string of the molecule is CC1=C[C@]23C(=O)C(C=C4COC(C)(C)O[C@H]4[C@]2(O)[C@H]1Oc1cc(Br)ccn1)C1C(C[C@H]3C)C1(C)C. The van der Waals surface area contributed by atoms with Crippen LogP contribution in [-0.4, -0.2) is 46.1 Å². The molecule has 1 aromatic rings. The fraction of sp³-hybridized carbons (Fsp3) is 0.643. The van der Waals surface area contributed by atoms with Crippen molar-refractivity contribution >= 4 is 21.7 Å². The molecule has 1 spiro atoms. The van der Waals surface area contributed by atoms with Crippen LogP contribution in [0, 0.1) is 34.5 Å². The Kier molecular flexibility index (Phi) is 4.95. The van der Waals surface area contributed by atoms with Crippen molar-refractivity contribution < 1.29 is 24.1 Å². The molecular formula is C28H34BrNO5. The molecule has 4 aliphatic carbocycles. The molecular weight excluding hydrogens is 510 g/mol. The summed E-state index contributed by atoms with van der Waals surface area (Å²) in [5.74, 6) is -0.115. The number of rotatable bonds is 2. The molecule has 35 heavy (non-hydrogen) atoms. The lowest BCUT2D eigenvalue weighted by atomic mass is 9.59. The van der Waals surface area contributed by atoms with Gasteiger partial charge in [-0.15, -0.1) is 0 Å². The number of pyridine rings is 1. The maximum Gasteiger partial charge on any atom is 0.215 e. The van der Waals surface area contributed by atoms with Gasteiger partial charge in [-0.2, -0.15) is 0 Å². The molecule has 2 saturated carbocycles. The van der Waals surface area contributed by atoms with Crippen LogP contribution in [-0.2, 0) is 14.3 Å². The lowest BCUT2D eigenvalue weighted by Gasteiger charge is -2.52. The van der Waals surface area contributed by atoms with Crippen molar-refractivity contribution in [3.63, 3.8) is 0 Å². The fourth-order valence-electron chi connectivity index (χ4n) is 7.87. The van der Waals surface area contributed by atoms with Gasteiger partial charge >= 0.3 is 0 Å². The fourth-order valence-corrected chi connectivity index (χ4v) is 8.18. The van der Waals surface area contributed by atoms with Crippen molar-refractivity contribution in [3.05, 3.63) is 46.1 Å². The van der Waals surface area contributed by atoms with Crippen LogP contribution in [0.5, 0.6) is 5.88 Å². The average molecular weight is 544 g/mol. The molecule has 2 heterocycles. The summed E-state index contributed by atoms with van der Waals surface area (Å²) in [6, 6.07) is 3.61. The Morgan fingerprint density at radius 2 is 2.00 bits per heavy atom. The van der Waals surface area contributed by atoms with Gasteiger partial charge in [-0.25, -0.2) is 4.98 Å². The monoisotopic (exact) mass is 543 g/mol. The van der Waals surface area contributed by atoms with Crippen LogP contribution in [0.1, 0.15) is 48.0 Å². The van der Waals surface area contributed by atoms with Gasteiger partial charge in [-0.05, 0) is 67.6 Å². The molecule has 5 aliphatic rings. The number of Topliss-reactive ketones (excluding diaryl/α,β-unsaturated/α-hetero) is 1. The molecule has 188 valence electrons. The molecule has 6 rings (SSSR count). The van der Waals surface area contributed by atoms with Crippen LogP contribution in [0.25, 0.3) is 0 Å². The smallest absolute Gasteiger partial charge is 0.215 e. The highest BCUT2D eigenvalue weighted by Crippen LogP contribution is 2.72. The van der Waals surface area contributed by atoms with Gasteiger partial charge in [0.05, 0.1) is 12.0 Å². The zero-order valence-corrected chi connectivity index (χ0v) is 22.8. The predicted octanol–water partition coefficient (Wildman–Crippen LogP) is 4.86. The minimum absolute atomic E-state index is 0.0828. The van der Waals surface area contributed by atoms with Gasteiger partial charge in [0.2, 0.25) is 5.88 Å². The minimum atomic E-state index is -1.64. The first kappa shape index (κ1) is 23.8. The van der Waals surface area contributed by atoms with Gasteiger partial charge in [0.15, 0.2) is 23.3 Å². The third-order valence-electron chi connectivity index (χ3n) is 9.61. The van der Waals surface area contributed by atoms with Gasteiger partial charge < -0.3 is 19.3 Å². The van der Waals surface area contributed by atoms with E-state index in [1.807, 2.05) is 32.9 Å². The molecule has 1 saturated heterocycles. The van der Waals surface area contributed by atoms with Crippen molar-refractivity contribution in [1.82, 2.24) is 4.98 Å². The predicted molar refractivity (Wildman–Crippen MR) is 134 cm³/mol. The second kappa shape index (κ2) is 7.27. The number of aromatic nitrogens is 1. The summed E-state index contributed by atoms with van der Waals surface area (Å²) < 4.78 is 19.8. The van der Waals surface area contributed by atoms with E-state index in [0.717, 1.165) is 22.0 Å². The Labute approximate surface area is 215 Å². The number of carbonyl (C=O) groups excluding carboxylic acids is 1. The zero-order chi connectivity index (χ0) is 25.1. The lowest BCUT2D eigenvalue weighted by Crippen LogP contribution is -2.68. The van der Waals surface area contributed by atoms with Crippen molar-refractivity contribution in [2.45, 2.75) is 71.6 Å². The largest absolute Gasteiger partial charge is 0.467 e. The molecule has 3 unspecified atom stereocenters. The van der Waals surface area contributed by atoms with Crippen LogP contribution in [0.4, 0.5) is 0 Å². The summed E-state index contributed by atoms with van der Waals surface area (Å²) in [4.78, 5) is 19.0. The highest BCUT2D eigenvalue weighted by molar-refractivity contribution is 9.10. The molecule has 1 N–H and O–H groups in total. The van der Waals surface area contributed by atoms with Crippen molar-refractivity contribution in [2.24, 2.45) is 34.5 Å². The zero-order valence-electron chi connectivity index (χ0n) is 21.2. The summed E-state index contributed by atoms with van der Waals surface area (Å²) >= 11 is 3.48. The first-order chi connectivity index (χ1) is 16.3. The summed E-state index contributed by atoms with van der Waals surface area (Å²) in [6.07, 6.45) is 5.08. The number of fused-ring (bicyclic) bond motifs is 5. The van der Waals surface area contributed by atoms with Gasteiger partial charge in [0, 0.05) is 22.7 Å². The summed E-state index contributed by atoms with van der Waals surface area (Å²) in [7, 11) is 0. The number of allylic oxidation sites excluding steroid dienone is 1. The van der Waals surface area contributed by atoms with E-state index < -0.39 is 29.0 Å². The van der Waals surface area contributed by atoms with E-state index in [1.54, 1.807) is 12.3 Å². The number of ketones is 1. The number of nitrogens with zero attached hydrogens (tertiary/aromatic N) is 1. The molecule has 0 amide bonds. The molecule has 0 radical (unpaired) electrons. The van der Waals surface area contributed by atoms with Crippen molar-refractivity contribution in [3.8, 4) is 5.88 Å². The Balaban J connectivity index is 1.56. The Bertz CT molecular complexity index is 1170. The Morgan fingerprint density at radius 3 is 2.71 bits per heavy atom. The minimum Gasteiger partial charge on any atom is -0.467 e. The average Bonchev–Trinajstić information content (AvgIpc) is 3.26. The van der Waals surface area contributed by atoms with E-state index in [9.17, 15) is 9.90 Å². The Morgan fingerprint density at radius 1 is 1.26 bits per heavy atom. The van der Waals surface area contributed by atoms with E-state index >= 15 is 0 Å². The van der Waals surface area contributed by atoms with Crippen molar-refractivity contribution in [2.75, 3.05) is 6.61 Å². The first-order valence-corrected chi connectivity index (χ1v) is 13.4. The van der Waals surface area contributed by atoms with E-state index in [-0.39, 0.29) is 29.0 Å². The van der Waals surface area contributed by atoms with Crippen LogP contribution in [0.2, 0.25) is 0 Å². The molecule has 3 fully saturated rings. The van der Waals surface area contributed by atoms with Gasteiger partial charge in [-0.1, -0.05) is 48.9 Å². The summed E-state index contributed by atoms with van der Waals surface area (Å²) in [5.41, 5.74) is -1.01. The molecule has 1 aliphatic heterocycles. The number of aliphatic hydroxyl groups is 1. The molecule has 1 aromatic heterocycles. The quantitative estimate of drug-likeness (QED) is 0.537. The second-order valence-electron chi connectivity index (χ2n) is 12.3. The third kappa shape index (κ3) is 3.04. The van der Waals surface area contributed by atoms with Gasteiger partial charge in [0.1, 0.15) is 6.10 Å². The molecule has 0 aromatic carbocycles. The number of halogens is 1. The van der Waals surface area contributed by atoms with E-state index in [4.69, 9.17) is 14.2 Å². The molecule has 8 atom stereocenters. The number of carbonyl (C=O) groups is 1. The van der Waals surface area contributed by atoms with Crippen molar-refractivity contribution in [1.29, 1.82) is 0 Å². The number of hydrogen-bond acceptors (Lipinski definition) is 6. The van der Waals surface area contributed by atoms with E-state index in [0.29, 0.717) is 18.4 Å². The molecule has 7 heteroatoms. The normalized spacial score (nSPS) is 44.6. The Hall–Kier alpha value is -1.54. The summed E-state index contributed by atoms with van der Waals surface area (Å²) in [6.45, 7) is 12.6. The van der Waals surface area contributed by atoms with Crippen LogP contribution in [0.3, 0.4) is 0 Å². The maximum absolute atomic E-state index is 14.7. The van der Waals surface area contributed by atoms with Crippen LogP contribution >= 0.6 is 15.9 Å². The van der Waals surface area contributed by atoms with E-state index in [1.165, 1.54) is 0 Å². The van der Waals surface area contributed by atoms with Gasteiger partial charge in [-0.3, -0.25) is 4.79 Å². The highest BCUT2D eigenvalue weighted by atomic mass is 79.9. The number of ether oxygens (including phenoxy) is 3. The topological polar surface area (TPSA) is 77.9 Å². The van der Waals surface area contributed by atoms with Crippen LogP contribution in [0.15, 0.2) is 46.1 Å². The summed E-state index contributed by atoms with van der Waals surface area (Å²) in [5, 5.41) is 13.0. The van der Waals surface area contributed by atoms with Gasteiger partial charge in [0.25, 0.3) is 0 Å². The second-order valence-corrected chi connectivity index (χ2v) is 13.2. The maximum atomic E-state index is 14.7. The van der Waals surface area contributed by atoms with E-state index in [2.05, 4.69) is 47.8 Å². The highest BCUT2D eigenvalue weighted by Gasteiger charge is 2.77. The first-order valence-electron chi connectivity index (χ1n) is 12.6. The molecule has 2 bridgehead atoms. The standard InChI is InChI=1S/C28H34BrNO5/c1-14-12-27-15(2)9-19-21(25(19,3)4)18(22(27)31)10-16-13-33-26(5,6)35-24(16)28(27,32)23(14)34-20-11-17(29)7-8-30-20/h7-8,10-12,15,18-19,21,23-24,32H,9,13H2,1-6H3/t15-,18?,19?,21?,23+,24-,27+,28-/m1/s1. The van der Waals surface area contributed by atoms with Crippen LogP contribution < -0.4 is 4.74 Å².